The summed E-state index contributed by atoms with van der Waals surface area (Å²) in [6.45, 7) is 1.03. The molecule has 8 heteroatoms. The molecule has 2 N–H and O–H groups in total. The molecule has 18 heavy (non-hydrogen) atoms. The van der Waals surface area contributed by atoms with E-state index < -0.39 is 10.0 Å². The second-order valence-electron chi connectivity index (χ2n) is 3.92. The van der Waals surface area contributed by atoms with Gasteiger partial charge in [0.15, 0.2) is 0 Å². The van der Waals surface area contributed by atoms with Gasteiger partial charge in [0.25, 0.3) is 0 Å². The van der Waals surface area contributed by atoms with Crippen molar-refractivity contribution in [3.8, 4) is 0 Å². The van der Waals surface area contributed by atoms with Crippen LogP contribution in [0.1, 0.15) is 11.3 Å². The zero-order valence-corrected chi connectivity index (χ0v) is 11.1. The topological polar surface area (TPSA) is 95.7 Å². The van der Waals surface area contributed by atoms with Crippen LogP contribution in [0.3, 0.4) is 0 Å². The minimum Gasteiger partial charge on any atom is -0.460 e. The number of thiophene rings is 1. The molecule has 0 spiro atoms. The Labute approximate surface area is 109 Å². The minimum atomic E-state index is -3.69. The average molecular weight is 291 g/mol. The number of sulfonamides is 1. The fourth-order valence-electron chi connectivity index (χ4n) is 1.58. The molecule has 1 aromatic rings. The number of hydrogen-bond donors (Lipinski definition) is 1. The molecule has 0 amide bonds. The summed E-state index contributed by atoms with van der Waals surface area (Å²) in [4.78, 5) is 12.2. The monoisotopic (exact) mass is 291 g/mol. The highest BCUT2D eigenvalue weighted by Gasteiger charge is 2.21. The van der Waals surface area contributed by atoms with Crippen molar-refractivity contribution >= 4 is 27.3 Å². The van der Waals surface area contributed by atoms with Crippen LogP contribution in [0.4, 0.5) is 0 Å². The summed E-state index contributed by atoms with van der Waals surface area (Å²) in [5.74, 6) is -0.381. The quantitative estimate of drug-likeness (QED) is 0.803. The first-order valence-electron chi connectivity index (χ1n) is 5.34. The Balaban J connectivity index is 1.92. The van der Waals surface area contributed by atoms with E-state index in [1.807, 2.05) is 0 Å². The van der Waals surface area contributed by atoms with Crippen LogP contribution in [0.15, 0.2) is 16.3 Å². The number of carbonyl (C=O) groups is 1. The molecule has 6 nitrogen and oxygen atoms in total. The molecule has 0 radical (unpaired) electrons. The average Bonchev–Trinajstić information content (AvgIpc) is 2.87. The Bertz CT molecular complexity index is 530. The summed E-state index contributed by atoms with van der Waals surface area (Å²) < 4.78 is 32.4. The van der Waals surface area contributed by atoms with Gasteiger partial charge >= 0.3 is 5.97 Å². The number of primary sulfonamides is 1. The lowest BCUT2D eigenvalue weighted by atomic mass is 10.3. The van der Waals surface area contributed by atoms with E-state index in [0.717, 1.165) is 11.3 Å². The summed E-state index contributed by atoms with van der Waals surface area (Å²) in [6, 6.07) is 2.96. The maximum atomic E-state index is 11.6. The fraction of sp³-hybridized carbons (Fsp3) is 0.500. The zero-order valence-electron chi connectivity index (χ0n) is 9.50. The molecule has 1 aromatic heterocycles. The SMILES string of the molecule is NS(=O)(=O)c1ccc(CC(=O)OC2CCOC2)s1. The van der Waals surface area contributed by atoms with Crippen LogP contribution in [-0.2, 0) is 30.7 Å². The minimum absolute atomic E-state index is 0.0505. The van der Waals surface area contributed by atoms with Gasteiger partial charge in [-0.05, 0) is 12.1 Å². The first kappa shape index (κ1) is 13.5. The van der Waals surface area contributed by atoms with Gasteiger partial charge in [0.05, 0.1) is 19.6 Å². The number of esters is 1. The summed E-state index contributed by atoms with van der Waals surface area (Å²) >= 11 is 0.981. The highest BCUT2D eigenvalue weighted by molar-refractivity contribution is 7.91. The molecule has 1 unspecified atom stereocenters. The van der Waals surface area contributed by atoms with Crippen molar-refractivity contribution in [2.24, 2.45) is 5.14 Å². The number of nitrogens with two attached hydrogens (primary N) is 1. The third kappa shape index (κ3) is 3.52. The van der Waals surface area contributed by atoms with Crippen LogP contribution in [0, 0.1) is 0 Å². The van der Waals surface area contributed by atoms with Crippen molar-refractivity contribution in [1.82, 2.24) is 0 Å². The Hall–Kier alpha value is -0.960. The van der Waals surface area contributed by atoms with Crippen molar-refractivity contribution in [2.45, 2.75) is 23.2 Å². The number of rotatable bonds is 4. The van der Waals surface area contributed by atoms with Gasteiger partial charge in [-0.3, -0.25) is 4.79 Å². The van der Waals surface area contributed by atoms with Crippen LogP contribution in [0.2, 0.25) is 0 Å². The molecule has 1 aliphatic rings. The standard InChI is InChI=1S/C10H13NO5S2/c11-18(13,14)10-2-1-8(17-10)5-9(12)16-7-3-4-15-6-7/h1-2,7H,3-6H2,(H2,11,13,14). The lowest BCUT2D eigenvalue weighted by molar-refractivity contribution is -0.148. The maximum absolute atomic E-state index is 11.6. The van der Waals surface area contributed by atoms with Gasteiger partial charge in [-0.25, -0.2) is 13.6 Å². The third-order valence-electron chi connectivity index (χ3n) is 2.42. The molecule has 0 saturated carbocycles. The van der Waals surface area contributed by atoms with Gasteiger partial charge in [0.1, 0.15) is 10.3 Å². The highest BCUT2D eigenvalue weighted by Crippen LogP contribution is 2.21. The Morgan fingerprint density at radius 2 is 2.33 bits per heavy atom. The molecule has 2 rings (SSSR count). The van der Waals surface area contributed by atoms with E-state index in [2.05, 4.69) is 0 Å². The van der Waals surface area contributed by atoms with E-state index in [-0.39, 0.29) is 22.7 Å². The molecule has 0 bridgehead atoms. The third-order valence-corrected chi connectivity index (χ3v) is 4.95. The predicted molar refractivity (Wildman–Crippen MR) is 64.7 cm³/mol. The normalized spacial score (nSPS) is 19.9. The van der Waals surface area contributed by atoms with Crippen molar-refractivity contribution in [1.29, 1.82) is 0 Å². The lowest BCUT2D eigenvalue weighted by Gasteiger charge is -2.08. The molecule has 1 fully saturated rings. The first-order valence-corrected chi connectivity index (χ1v) is 7.70. The molecule has 0 aromatic carbocycles. The van der Waals surface area contributed by atoms with Crippen molar-refractivity contribution in [2.75, 3.05) is 13.2 Å². The fourth-order valence-corrected chi connectivity index (χ4v) is 3.35. The number of ether oxygens (including phenoxy) is 2. The van der Waals surface area contributed by atoms with Crippen LogP contribution < -0.4 is 5.14 Å². The molecular formula is C10H13NO5S2. The van der Waals surface area contributed by atoms with Crippen LogP contribution in [0.5, 0.6) is 0 Å². The smallest absolute Gasteiger partial charge is 0.311 e. The Morgan fingerprint density at radius 1 is 1.56 bits per heavy atom. The first-order chi connectivity index (χ1) is 8.45. The van der Waals surface area contributed by atoms with Crippen molar-refractivity contribution in [3.63, 3.8) is 0 Å². The van der Waals surface area contributed by atoms with Gasteiger partial charge in [0, 0.05) is 11.3 Å². The molecule has 1 atom stereocenters. The number of carbonyl (C=O) groups excluding carboxylic acids is 1. The summed E-state index contributed by atoms with van der Waals surface area (Å²) in [5.41, 5.74) is 0. The molecule has 0 aliphatic carbocycles. The Morgan fingerprint density at radius 3 is 2.89 bits per heavy atom. The van der Waals surface area contributed by atoms with Crippen molar-refractivity contribution < 1.29 is 22.7 Å². The van der Waals surface area contributed by atoms with Gasteiger partial charge in [-0.1, -0.05) is 0 Å². The van der Waals surface area contributed by atoms with Crippen LogP contribution >= 0.6 is 11.3 Å². The van der Waals surface area contributed by atoms with Gasteiger partial charge < -0.3 is 9.47 Å². The molecule has 2 heterocycles. The van der Waals surface area contributed by atoms with Gasteiger partial charge in [0.2, 0.25) is 10.0 Å². The Kier molecular flexibility index (Phi) is 4.00. The zero-order chi connectivity index (χ0) is 13.2. The molecule has 1 aliphatic heterocycles. The van der Waals surface area contributed by atoms with Crippen LogP contribution in [-0.4, -0.2) is 33.7 Å². The van der Waals surface area contributed by atoms with Crippen molar-refractivity contribution in [3.05, 3.63) is 17.0 Å². The summed E-state index contributed by atoms with van der Waals surface area (Å²) in [5, 5.41) is 4.98. The number of hydrogen-bond acceptors (Lipinski definition) is 6. The largest absolute Gasteiger partial charge is 0.460 e. The predicted octanol–water partition coefficient (Wildman–Crippen LogP) is 0.270. The van der Waals surface area contributed by atoms with E-state index in [0.29, 0.717) is 24.5 Å². The van der Waals surface area contributed by atoms with E-state index in [1.165, 1.54) is 6.07 Å². The second kappa shape index (κ2) is 5.35. The van der Waals surface area contributed by atoms with E-state index >= 15 is 0 Å². The van der Waals surface area contributed by atoms with Gasteiger partial charge in [-0.15, -0.1) is 11.3 Å². The van der Waals surface area contributed by atoms with Crippen LogP contribution in [0.25, 0.3) is 0 Å². The summed E-state index contributed by atoms with van der Waals surface area (Å²) in [6.07, 6.45) is 0.574. The lowest BCUT2D eigenvalue weighted by Crippen LogP contribution is -2.19. The molecule has 100 valence electrons. The van der Waals surface area contributed by atoms with Gasteiger partial charge in [-0.2, -0.15) is 0 Å². The van der Waals surface area contributed by atoms with E-state index in [1.54, 1.807) is 6.07 Å². The maximum Gasteiger partial charge on any atom is 0.311 e. The van der Waals surface area contributed by atoms with E-state index in [9.17, 15) is 13.2 Å². The summed E-state index contributed by atoms with van der Waals surface area (Å²) in [7, 11) is -3.69. The van der Waals surface area contributed by atoms with E-state index in [4.69, 9.17) is 14.6 Å². The highest BCUT2D eigenvalue weighted by atomic mass is 32.2. The second-order valence-corrected chi connectivity index (χ2v) is 6.87. The molecular weight excluding hydrogens is 278 g/mol. The molecule has 1 saturated heterocycles.